The lowest BCUT2D eigenvalue weighted by molar-refractivity contribution is 0.389. The monoisotopic (exact) mass is 512 g/mol. The van der Waals surface area contributed by atoms with Crippen LogP contribution in [0, 0.1) is 0 Å². The third kappa shape index (κ3) is 6.21. The molecule has 0 unspecified atom stereocenters. The molecule has 0 heterocycles. The van der Waals surface area contributed by atoms with Crippen molar-refractivity contribution in [1.29, 1.82) is 0 Å². The van der Waals surface area contributed by atoms with Gasteiger partial charge < -0.3 is 29.2 Å². The van der Waals surface area contributed by atoms with E-state index in [0.717, 1.165) is 27.8 Å². The standard InChI is InChI=1S/C32H32O6/c1-35-27-15-22(16-28(19-27)36-2)17-30(23-9-13-26(34)14-10-23)32-24(18-29(37-3)20-31(32)38-4)8-5-21-6-11-25(33)12-7-21/h5-16,18-20,30,33-34H,17H2,1-4H3/t30-/m1/s1. The van der Waals surface area contributed by atoms with Crippen molar-refractivity contribution in [1.82, 2.24) is 0 Å². The summed E-state index contributed by atoms with van der Waals surface area (Å²) in [5.41, 5.74) is 4.85. The van der Waals surface area contributed by atoms with Crippen LogP contribution in [0.1, 0.15) is 33.7 Å². The molecule has 0 saturated heterocycles. The Balaban J connectivity index is 1.90. The van der Waals surface area contributed by atoms with E-state index in [9.17, 15) is 10.2 Å². The molecule has 4 aromatic carbocycles. The number of aromatic hydroxyl groups is 2. The lowest BCUT2D eigenvalue weighted by atomic mass is 9.82. The van der Waals surface area contributed by atoms with Gasteiger partial charge in [0, 0.05) is 23.6 Å². The molecule has 6 nitrogen and oxygen atoms in total. The average Bonchev–Trinajstić information content (AvgIpc) is 2.95. The first kappa shape index (κ1) is 26.5. The van der Waals surface area contributed by atoms with Gasteiger partial charge in [0.05, 0.1) is 28.4 Å². The number of rotatable bonds is 10. The van der Waals surface area contributed by atoms with E-state index in [0.29, 0.717) is 29.4 Å². The molecule has 38 heavy (non-hydrogen) atoms. The Morgan fingerprint density at radius 1 is 0.632 bits per heavy atom. The van der Waals surface area contributed by atoms with Crippen LogP contribution < -0.4 is 18.9 Å². The molecule has 196 valence electrons. The van der Waals surface area contributed by atoms with Crippen molar-refractivity contribution in [3.05, 3.63) is 107 Å². The van der Waals surface area contributed by atoms with Gasteiger partial charge in [0.2, 0.25) is 0 Å². The summed E-state index contributed by atoms with van der Waals surface area (Å²) in [5.74, 6) is 3.03. The molecule has 0 spiro atoms. The van der Waals surface area contributed by atoms with Gasteiger partial charge >= 0.3 is 0 Å². The van der Waals surface area contributed by atoms with Crippen LogP contribution >= 0.6 is 0 Å². The topological polar surface area (TPSA) is 77.4 Å². The van der Waals surface area contributed by atoms with Crippen molar-refractivity contribution < 1.29 is 29.2 Å². The van der Waals surface area contributed by atoms with Crippen molar-refractivity contribution in [2.75, 3.05) is 28.4 Å². The Morgan fingerprint density at radius 2 is 1.18 bits per heavy atom. The molecule has 4 aromatic rings. The predicted octanol–water partition coefficient (Wildman–Crippen LogP) is 6.68. The van der Waals surface area contributed by atoms with Crippen molar-refractivity contribution >= 4 is 12.2 Å². The first-order valence-electron chi connectivity index (χ1n) is 12.2. The Labute approximate surface area is 223 Å². The zero-order chi connectivity index (χ0) is 27.1. The summed E-state index contributed by atoms with van der Waals surface area (Å²) < 4.78 is 22.5. The first-order chi connectivity index (χ1) is 18.4. The highest BCUT2D eigenvalue weighted by Crippen LogP contribution is 2.41. The average molecular weight is 513 g/mol. The molecule has 0 radical (unpaired) electrons. The zero-order valence-electron chi connectivity index (χ0n) is 22.0. The van der Waals surface area contributed by atoms with E-state index in [2.05, 4.69) is 0 Å². The smallest absolute Gasteiger partial charge is 0.126 e. The maximum absolute atomic E-state index is 9.99. The predicted molar refractivity (Wildman–Crippen MR) is 150 cm³/mol. The third-order valence-corrected chi connectivity index (χ3v) is 6.45. The Morgan fingerprint density at radius 3 is 1.74 bits per heavy atom. The fourth-order valence-corrected chi connectivity index (χ4v) is 4.50. The van der Waals surface area contributed by atoms with Crippen LogP contribution in [0.25, 0.3) is 12.2 Å². The summed E-state index contributed by atoms with van der Waals surface area (Å²) in [6.45, 7) is 0. The lowest BCUT2D eigenvalue weighted by Crippen LogP contribution is -2.10. The van der Waals surface area contributed by atoms with Gasteiger partial charge in [-0.1, -0.05) is 36.4 Å². The van der Waals surface area contributed by atoms with E-state index < -0.39 is 0 Å². The summed E-state index contributed by atoms with van der Waals surface area (Å²) in [6, 6.07) is 23.9. The van der Waals surface area contributed by atoms with Gasteiger partial charge in [0.15, 0.2) is 0 Å². The quantitative estimate of drug-likeness (QED) is 0.231. The molecule has 0 aliphatic heterocycles. The van der Waals surface area contributed by atoms with E-state index >= 15 is 0 Å². The molecule has 4 rings (SSSR count). The second-order valence-electron chi connectivity index (χ2n) is 8.83. The molecule has 0 saturated carbocycles. The summed E-state index contributed by atoms with van der Waals surface area (Å²) in [5, 5.41) is 19.6. The molecular formula is C32H32O6. The maximum Gasteiger partial charge on any atom is 0.126 e. The number of hydrogen-bond acceptors (Lipinski definition) is 6. The molecule has 0 aliphatic rings. The summed E-state index contributed by atoms with van der Waals surface area (Å²) in [7, 11) is 6.54. The van der Waals surface area contributed by atoms with Crippen molar-refractivity contribution in [2.24, 2.45) is 0 Å². The largest absolute Gasteiger partial charge is 0.508 e. The van der Waals surface area contributed by atoms with Crippen molar-refractivity contribution in [3.8, 4) is 34.5 Å². The molecule has 6 heteroatoms. The second-order valence-corrected chi connectivity index (χ2v) is 8.83. The molecule has 2 N–H and O–H groups in total. The van der Waals surface area contributed by atoms with Gasteiger partial charge in [-0.15, -0.1) is 0 Å². The third-order valence-electron chi connectivity index (χ3n) is 6.45. The SMILES string of the molecule is COc1cc(C[C@H](c2ccc(O)cc2)c2c(C=Cc3ccc(O)cc3)cc(OC)cc2OC)cc(OC)c1. The zero-order valence-corrected chi connectivity index (χ0v) is 22.0. The van der Waals surface area contributed by atoms with Crippen LogP contribution in [0.5, 0.6) is 34.5 Å². The highest BCUT2D eigenvalue weighted by Gasteiger charge is 2.24. The number of methoxy groups -OCH3 is 4. The van der Waals surface area contributed by atoms with Crippen molar-refractivity contribution in [2.45, 2.75) is 12.3 Å². The fraction of sp³-hybridized carbons (Fsp3) is 0.188. The Bertz CT molecular complexity index is 1370. The normalized spacial score (nSPS) is 11.8. The number of ether oxygens (including phenoxy) is 4. The van der Waals surface area contributed by atoms with Crippen molar-refractivity contribution in [3.63, 3.8) is 0 Å². The van der Waals surface area contributed by atoms with Gasteiger partial charge in [0.25, 0.3) is 0 Å². The van der Waals surface area contributed by atoms with Gasteiger partial charge in [-0.05, 0) is 71.1 Å². The van der Waals surface area contributed by atoms with E-state index in [4.69, 9.17) is 18.9 Å². The number of phenols is 2. The summed E-state index contributed by atoms with van der Waals surface area (Å²) in [6.07, 6.45) is 4.62. The molecule has 0 aliphatic carbocycles. The minimum atomic E-state index is -0.146. The molecular weight excluding hydrogens is 480 g/mol. The highest BCUT2D eigenvalue weighted by atomic mass is 16.5. The van der Waals surface area contributed by atoms with Crippen LogP contribution in [0.15, 0.2) is 78.9 Å². The molecule has 1 atom stereocenters. The van der Waals surface area contributed by atoms with Crippen LogP contribution in [-0.2, 0) is 6.42 Å². The number of hydrogen-bond donors (Lipinski definition) is 2. The van der Waals surface area contributed by atoms with Gasteiger partial charge in [-0.2, -0.15) is 0 Å². The summed E-state index contributed by atoms with van der Waals surface area (Å²) in [4.78, 5) is 0. The minimum Gasteiger partial charge on any atom is -0.508 e. The van der Waals surface area contributed by atoms with Gasteiger partial charge in [0.1, 0.15) is 34.5 Å². The lowest BCUT2D eigenvalue weighted by Gasteiger charge is -2.24. The first-order valence-corrected chi connectivity index (χ1v) is 12.2. The summed E-state index contributed by atoms with van der Waals surface area (Å²) >= 11 is 0. The molecule has 0 fully saturated rings. The van der Waals surface area contributed by atoms with Gasteiger partial charge in [-0.3, -0.25) is 0 Å². The van der Waals surface area contributed by atoms with E-state index in [1.165, 1.54) is 0 Å². The van der Waals surface area contributed by atoms with Crippen LogP contribution in [0.4, 0.5) is 0 Å². The van der Waals surface area contributed by atoms with E-state index in [1.807, 2.05) is 66.7 Å². The van der Waals surface area contributed by atoms with E-state index in [-0.39, 0.29) is 17.4 Å². The van der Waals surface area contributed by atoms with Crippen LogP contribution in [-0.4, -0.2) is 38.7 Å². The second kappa shape index (κ2) is 12.1. The highest BCUT2D eigenvalue weighted by molar-refractivity contribution is 5.74. The number of benzene rings is 4. The molecule has 0 amide bonds. The fourth-order valence-electron chi connectivity index (χ4n) is 4.50. The van der Waals surface area contributed by atoms with Gasteiger partial charge in [-0.25, -0.2) is 0 Å². The number of phenolic OH excluding ortho intramolecular Hbond substituents is 2. The van der Waals surface area contributed by atoms with Crippen LogP contribution in [0.3, 0.4) is 0 Å². The molecule has 0 aromatic heterocycles. The maximum atomic E-state index is 9.99. The van der Waals surface area contributed by atoms with Crippen LogP contribution in [0.2, 0.25) is 0 Å². The minimum absolute atomic E-state index is 0.146. The molecule has 0 bridgehead atoms. The Kier molecular flexibility index (Phi) is 8.44. The Hall–Kier alpha value is -4.58. The van der Waals surface area contributed by atoms with E-state index in [1.54, 1.807) is 52.7 Å².